The molecular weight excluding hydrogens is 391 g/mol. The first-order chi connectivity index (χ1) is 15.7. The fraction of sp³-hybridized carbons (Fsp3) is 0.355. The molecule has 0 saturated heterocycles. The van der Waals surface area contributed by atoms with Crippen LogP contribution in [0.25, 0.3) is 10.8 Å². The van der Waals surface area contributed by atoms with E-state index in [-0.39, 0.29) is 5.82 Å². The third-order valence-electron chi connectivity index (χ3n) is 6.92. The van der Waals surface area contributed by atoms with Gasteiger partial charge in [0.2, 0.25) is 0 Å². The van der Waals surface area contributed by atoms with Crippen molar-refractivity contribution in [2.45, 2.75) is 64.2 Å². The zero-order valence-corrected chi connectivity index (χ0v) is 19.2. The molecule has 3 aromatic rings. The Morgan fingerprint density at radius 2 is 1.62 bits per heavy atom. The van der Waals surface area contributed by atoms with Crippen molar-refractivity contribution in [3.63, 3.8) is 0 Å². The maximum Gasteiger partial charge on any atom is 0.134 e. The molecule has 3 aromatic carbocycles. The Kier molecular flexibility index (Phi) is 7.43. The van der Waals surface area contributed by atoms with Crippen LogP contribution in [-0.4, -0.2) is 0 Å². The van der Waals surface area contributed by atoms with Gasteiger partial charge in [-0.1, -0.05) is 68.0 Å². The SMILES string of the molecule is C=CC1CCC(c2ccc(C#Cc3ccc4c(F)c(CCCCC)ccc4c3)cc2)CC1. The van der Waals surface area contributed by atoms with Gasteiger partial charge in [-0.2, -0.15) is 0 Å². The molecule has 0 N–H and O–H groups in total. The summed E-state index contributed by atoms with van der Waals surface area (Å²) in [4.78, 5) is 0. The lowest BCUT2D eigenvalue weighted by Crippen LogP contribution is -2.11. The van der Waals surface area contributed by atoms with Gasteiger partial charge >= 0.3 is 0 Å². The summed E-state index contributed by atoms with van der Waals surface area (Å²) >= 11 is 0. The monoisotopic (exact) mass is 424 g/mol. The number of hydrogen-bond acceptors (Lipinski definition) is 0. The first kappa shape index (κ1) is 22.3. The Balaban J connectivity index is 1.45. The summed E-state index contributed by atoms with van der Waals surface area (Å²) in [5, 5.41) is 1.61. The van der Waals surface area contributed by atoms with Crippen molar-refractivity contribution in [2.75, 3.05) is 0 Å². The Hall–Kier alpha value is -2.85. The molecule has 0 aromatic heterocycles. The van der Waals surface area contributed by atoms with E-state index in [1.54, 1.807) is 0 Å². The number of allylic oxidation sites excluding steroid dienone is 1. The third kappa shape index (κ3) is 5.31. The normalized spacial score (nSPS) is 18.2. The largest absolute Gasteiger partial charge is 0.206 e. The van der Waals surface area contributed by atoms with Crippen molar-refractivity contribution in [1.29, 1.82) is 0 Å². The number of benzene rings is 3. The van der Waals surface area contributed by atoms with Gasteiger partial charge in [0.25, 0.3) is 0 Å². The molecule has 1 aliphatic rings. The minimum absolute atomic E-state index is 0.0733. The van der Waals surface area contributed by atoms with Crippen LogP contribution >= 0.6 is 0 Å². The van der Waals surface area contributed by atoms with Crippen LogP contribution in [0.2, 0.25) is 0 Å². The standard InChI is InChI=1S/C31H33F/c1-3-5-6-7-28-19-20-29-22-25(14-21-30(29)31(28)32)9-8-24-12-17-27(18-13-24)26-15-10-23(4-2)11-16-26/h4,12-14,17-23,26H,2-3,5-7,10-11,15-16H2,1H3. The van der Waals surface area contributed by atoms with E-state index >= 15 is 0 Å². The lowest BCUT2D eigenvalue weighted by atomic mass is 9.79. The van der Waals surface area contributed by atoms with Gasteiger partial charge < -0.3 is 0 Å². The fourth-order valence-electron chi connectivity index (χ4n) is 4.84. The van der Waals surface area contributed by atoms with Crippen molar-refractivity contribution >= 4 is 10.8 Å². The molecule has 0 unspecified atom stereocenters. The second kappa shape index (κ2) is 10.6. The molecule has 0 radical (unpaired) electrons. The van der Waals surface area contributed by atoms with E-state index in [2.05, 4.69) is 55.7 Å². The number of aryl methyl sites for hydroxylation is 1. The smallest absolute Gasteiger partial charge is 0.134 e. The van der Waals surface area contributed by atoms with Crippen LogP contribution in [0.1, 0.15) is 80.0 Å². The van der Waals surface area contributed by atoms with Crippen LogP contribution in [0, 0.1) is 23.6 Å². The molecule has 0 nitrogen and oxygen atoms in total. The van der Waals surface area contributed by atoms with Crippen molar-refractivity contribution in [2.24, 2.45) is 5.92 Å². The van der Waals surface area contributed by atoms with Crippen LogP contribution in [-0.2, 0) is 6.42 Å². The van der Waals surface area contributed by atoms with Gasteiger partial charge in [-0.3, -0.25) is 0 Å². The Morgan fingerprint density at radius 3 is 2.34 bits per heavy atom. The van der Waals surface area contributed by atoms with E-state index in [0.717, 1.165) is 47.8 Å². The highest BCUT2D eigenvalue weighted by molar-refractivity contribution is 5.85. The van der Waals surface area contributed by atoms with Crippen LogP contribution in [0.3, 0.4) is 0 Å². The second-order valence-electron chi connectivity index (χ2n) is 9.15. The van der Waals surface area contributed by atoms with Gasteiger partial charge in [0.05, 0.1) is 0 Å². The Bertz CT molecular complexity index is 1120. The van der Waals surface area contributed by atoms with Crippen LogP contribution in [0.5, 0.6) is 0 Å². The number of unbranched alkanes of at least 4 members (excludes halogenated alkanes) is 2. The highest BCUT2D eigenvalue weighted by atomic mass is 19.1. The molecule has 1 aliphatic carbocycles. The summed E-state index contributed by atoms with van der Waals surface area (Å²) in [5.41, 5.74) is 4.19. The van der Waals surface area contributed by atoms with Gasteiger partial charge in [0, 0.05) is 16.5 Å². The molecule has 1 heteroatoms. The first-order valence-corrected chi connectivity index (χ1v) is 12.1. The van der Waals surface area contributed by atoms with E-state index in [1.165, 1.54) is 31.2 Å². The molecule has 1 fully saturated rings. The molecule has 1 saturated carbocycles. The zero-order chi connectivity index (χ0) is 22.3. The summed E-state index contributed by atoms with van der Waals surface area (Å²) in [6.45, 7) is 6.11. The molecule has 4 rings (SSSR count). The predicted molar refractivity (Wildman–Crippen MR) is 134 cm³/mol. The average molecular weight is 425 g/mol. The zero-order valence-electron chi connectivity index (χ0n) is 19.2. The Morgan fingerprint density at radius 1 is 0.906 bits per heavy atom. The topological polar surface area (TPSA) is 0 Å². The minimum atomic E-state index is -0.0733. The van der Waals surface area contributed by atoms with Gasteiger partial charge in [-0.15, -0.1) is 6.58 Å². The summed E-state index contributed by atoms with van der Waals surface area (Å²) in [6.07, 6.45) is 11.2. The summed E-state index contributed by atoms with van der Waals surface area (Å²) < 4.78 is 14.9. The molecule has 0 bridgehead atoms. The first-order valence-electron chi connectivity index (χ1n) is 12.1. The molecule has 0 amide bonds. The van der Waals surface area contributed by atoms with Crippen molar-refractivity contribution < 1.29 is 4.39 Å². The highest BCUT2D eigenvalue weighted by Gasteiger charge is 2.20. The van der Waals surface area contributed by atoms with Gasteiger partial charge in [0.1, 0.15) is 5.82 Å². The molecule has 164 valence electrons. The molecular formula is C31H33F. The number of fused-ring (bicyclic) bond motifs is 1. The lowest BCUT2D eigenvalue weighted by Gasteiger charge is -2.26. The molecule has 0 aliphatic heterocycles. The molecule has 32 heavy (non-hydrogen) atoms. The predicted octanol–water partition coefficient (Wildman–Crippen LogP) is 8.57. The van der Waals surface area contributed by atoms with E-state index < -0.39 is 0 Å². The van der Waals surface area contributed by atoms with E-state index in [9.17, 15) is 4.39 Å². The van der Waals surface area contributed by atoms with E-state index in [0.29, 0.717) is 17.2 Å². The minimum Gasteiger partial charge on any atom is -0.206 e. The third-order valence-corrected chi connectivity index (χ3v) is 6.92. The van der Waals surface area contributed by atoms with Crippen LogP contribution in [0.4, 0.5) is 4.39 Å². The Labute approximate surface area is 192 Å². The highest BCUT2D eigenvalue weighted by Crippen LogP contribution is 2.36. The average Bonchev–Trinajstić information content (AvgIpc) is 2.84. The van der Waals surface area contributed by atoms with Gasteiger partial charge in [-0.25, -0.2) is 4.39 Å². The van der Waals surface area contributed by atoms with Gasteiger partial charge in [0.15, 0.2) is 0 Å². The van der Waals surface area contributed by atoms with Crippen molar-refractivity contribution in [3.05, 3.63) is 95.3 Å². The maximum absolute atomic E-state index is 14.9. The van der Waals surface area contributed by atoms with Gasteiger partial charge in [-0.05, 0) is 91.1 Å². The fourth-order valence-corrected chi connectivity index (χ4v) is 4.84. The summed E-state index contributed by atoms with van der Waals surface area (Å²) in [5.74, 6) is 7.82. The summed E-state index contributed by atoms with van der Waals surface area (Å²) in [7, 11) is 0. The quantitative estimate of drug-likeness (QED) is 0.211. The van der Waals surface area contributed by atoms with Crippen molar-refractivity contribution in [1.82, 2.24) is 0 Å². The maximum atomic E-state index is 14.9. The number of hydrogen-bond donors (Lipinski definition) is 0. The van der Waals surface area contributed by atoms with E-state index in [1.807, 2.05) is 30.3 Å². The molecule has 0 heterocycles. The number of halogens is 1. The van der Waals surface area contributed by atoms with Crippen LogP contribution in [0.15, 0.2) is 67.3 Å². The summed E-state index contributed by atoms with van der Waals surface area (Å²) in [6, 6.07) is 18.5. The second-order valence-corrected chi connectivity index (χ2v) is 9.15. The van der Waals surface area contributed by atoms with E-state index in [4.69, 9.17) is 0 Å². The van der Waals surface area contributed by atoms with Crippen molar-refractivity contribution in [3.8, 4) is 11.8 Å². The number of rotatable bonds is 6. The van der Waals surface area contributed by atoms with Crippen LogP contribution < -0.4 is 0 Å². The lowest BCUT2D eigenvalue weighted by molar-refractivity contribution is 0.376. The molecule has 0 atom stereocenters. The molecule has 0 spiro atoms.